The number of carbonyl (C=O) groups is 1. The van der Waals surface area contributed by atoms with E-state index in [4.69, 9.17) is 0 Å². The van der Waals surface area contributed by atoms with Crippen molar-refractivity contribution >= 4 is 38.6 Å². The highest BCUT2D eigenvalue weighted by Gasteiger charge is 2.12. The summed E-state index contributed by atoms with van der Waals surface area (Å²) in [6, 6.07) is 14.9. The number of fused-ring (bicyclic) bond motifs is 1. The Morgan fingerprint density at radius 2 is 1.84 bits per heavy atom. The molecule has 1 aromatic heterocycles. The SMILES string of the molecule is O=C(Nc1n[nH]c2ccccc12)c1ccccc1Br. The van der Waals surface area contributed by atoms with Gasteiger partial charge in [-0.1, -0.05) is 24.3 Å². The number of hydrogen-bond donors (Lipinski definition) is 2. The second kappa shape index (κ2) is 4.85. The Kier molecular flexibility index (Phi) is 3.05. The highest BCUT2D eigenvalue weighted by atomic mass is 79.9. The molecular weight excluding hydrogens is 306 g/mol. The van der Waals surface area contributed by atoms with Crippen LogP contribution < -0.4 is 5.32 Å². The van der Waals surface area contributed by atoms with Crippen molar-refractivity contribution in [2.45, 2.75) is 0 Å². The molecule has 3 rings (SSSR count). The maximum absolute atomic E-state index is 12.2. The highest BCUT2D eigenvalue weighted by Crippen LogP contribution is 2.22. The number of nitrogens with zero attached hydrogens (tertiary/aromatic N) is 1. The Hall–Kier alpha value is -2.14. The van der Waals surface area contributed by atoms with Gasteiger partial charge in [-0.05, 0) is 40.2 Å². The van der Waals surface area contributed by atoms with E-state index in [9.17, 15) is 4.79 Å². The van der Waals surface area contributed by atoms with Gasteiger partial charge in [0.05, 0.1) is 11.1 Å². The summed E-state index contributed by atoms with van der Waals surface area (Å²) in [5, 5.41) is 10.7. The minimum atomic E-state index is -0.190. The van der Waals surface area contributed by atoms with Crippen LogP contribution in [-0.4, -0.2) is 16.1 Å². The molecule has 1 amide bonds. The number of para-hydroxylation sites is 1. The van der Waals surface area contributed by atoms with E-state index in [-0.39, 0.29) is 5.91 Å². The third-order valence-corrected chi connectivity index (χ3v) is 3.51. The summed E-state index contributed by atoms with van der Waals surface area (Å²) >= 11 is 3.36. The van der Waals surface area contributed by atoms with Gasteiger partial charge in [-0.3, -0.25) is 9.89 Å². The number of carbonyl (C=O) groups excluding carboxylic acids is 1. The van der Waals surface area contributed by atoms with Crippen molar-refractivity contribution in [1.29, 1.82) is 0 Å². The van der Waals surface area contributed by atoms with E-state index in [0.717, 1.165) is 15.4 Å². The van der Waals surface area contributed by atoms with E-state index in [1.165, 1.54) is 0 Å². The van der Waals surface area contributed by atoms with Crippen molar-refractivity contribution in [1.82, 2.24) is 10.2 Å². The zero-order chi connectivity index (χ0) is 13.2. The van der Waals surface area contributed by atoms with Gasteiger partial charge in [0.15, 0.2) is 5.82 Å². The standard InChI is InChI=1S/C14H10BrN3O/c15-11-7-3-1-5-9(11)14(19)16-13-10-6-2-4-8-12(10)17-18-13/h1-8H,(H2,16,17,18,19). The number of anilines is 1. The fraction of sp³-hybridized carbons (Fsp3) is 0. The monoisotopic (exact) mass is 315 g/mol. The maximum Gasteiger partial charge on any atom is 0.258 e. The molecule has 0 spiro atoms. The minimum absolute atomic E-state index is 0.190. The number of nitrogens with one attached hydrogen (secondary N) is 2. The molecule has 4 nitrogen and oxygen atoms in total. The summed E-state index contributed by atoms with van der Waals surface area (Å²) in [7, 11) is 0. The van der Waals surface area contributed by atoms with Crippen molar-refractivity contribution in [3.05, 3.63) is 58.6 Å². The average molecular weight is 316 g/mol. The fourth-order valence-corrected chi connectivity index (χ4v) is 2.34. The number of amides is 1. The van der Waals surface area contributed by atoms with Crippen LogP contribution in [0.3, 0.4) is 0 Å². The number of halogens is 1. The molecule has 2 aromatic carbocycles. The summed E-state index contributed by atoms with van der Waals surface area (Å²) in [6.45, 7) is 0. The van der Waals surface area contributed by atoms with E-state index in [0.29, 0.717) is 11.4 Å². The molecule has 0 radical (unpaired) electrons. The van der Waals surface area contributed by atoms with Crippen LogP contribution in [0.4, 0.5) is 5.82 Å². The van der Waals surface area contributed by atoms with Crippen LogP contribution in [-0.2, 0) is 0 Å². The fourth-order valence-electron chi connectivity index (χ4n) is 1.88. The maximum atomic E-state index is 12.2. The van der Waals surface area contributed by atoms with Crippen LogP contribution in [0, 0.1) is 0 Å². The molecule has 19 heavy (non-hydrogen) atoms. The Labute approximate surface area is 118 Å². The average Bonchev–Trinajstić information content (AvgIpc) is 2.83. The number of H-pyrrole nitrogens is 1. The summed E-state index contributed by atoms with van der Waals surface area (Å²) < 4.78 is 0.757. The minimum Gasteiger partial charge on any atom is -0.305 e. The first kappa shape index (κ1) is 11.9. The first-order valence-electron chi connectivity index (χ1n) is 5.75. The lowest BCUT2D eigenvalue weighted by atomic mass is 10.2. The third-order valence-electron chi connectivity index (χ3n) is 2.82. The second-order valence-electron chi connectivity index (χ2n) is 4.05. The molecule has 3 aromatic rings. The van der Waals surface area contributed by atoms with Gasteiger partial charge < -0.3 is 5.32 Å². The molecule has 0 saturated heterocycles. The van der Waals surface area contributed by atoms with Gasteiger partial charge >= 0.3 is 0 Å². The molecule has 5 heteroatoms. The van der Waals surface area contributed by atoms with Crippen LogP contribution >= 0.6 is 15.9 Å². The number of aromatic nitrogens is 2. The Bertz CT molecular complexity index is 751. The van der Waals surface area contributed by atoms with Gasteiger partial charge in [-0.15, -0.1) is 0 Å². The third kappa shape index (κ3) is 2.24. The summed E-state index contributed by atoms with van der Waals surface area (Å²) in [6.07, 6.45) is 0. The number of rotatable bonds is 2. The van der Waals surface area contributed by atoms with Crippen molar-refractivity contribution < 1.29 is 4.79 Å². The lowest BCUT2D eigenvalue weighted by Gasteiger charge is -2.04. The predicted molar refractivity (Wildman–Crippen MR) is 78.2 cm³/mol. The lowest BCUT2D eigenvalue weighted by molar-refractivity contribution is 0.102. The molecule has 1 heterocycles. The van der Waals surface area contributed by atoms with E-state index in [1.54, 1.807) is 6.07 Å². The van der Waals surface area contributed by atoms with Gasteiger partial charge in [0.25, 0.3) is 5.91 Å². The molecule has 0 aliphatic carbocycles. The molecule has 94 valence electrons. The molecule has 0 aliphatic heterocycles. The van der Waals surface area contributed by atoms with Crippen molar-refractivity contribution in [3.8, 4) is 0 Å². The van der Waals surface area contributed by atoms with Crippen molar-refractivity contribution in [3.63, 3.8) is 0 Å². The summed E-state index contributed by atoms with van der Waals surface area (Å²) in [4.78, 5) is 12.2. The normalized spacial score (nSPS) is 10.6. The highest BCUT2D eigenvalue weighted by molar-refractivity contribution is 9.10. The lowest BCUT2D eigenvalue weighted by Crippen LogP contribution is -2.12. The van der Waals surface area contributed by atoms with Gasteiger partial charge in [-0.25, -0.2) is 0 Å². The number of aromatic amines is 1. The summed E-state index contributed by atoms with van der Waals surface area (Å²) in [5.41, 5.74) is 1.47. The van der Waals surface area contributed by atoms with Crippen LogP contribution in [0.15, 0.2) is 53.0 Å². The van der Waals surface area contributed by atoms with Crippen LogP contribution in [0.2, 0.25) is 0 Å². The smallest absolute Gasteiger partial charge is 0.258 e. The Balaban J connectivity index is 1.94. The largest absolute Gasteiger partial charge is 0.305 e. The van der Waals surface area contributed by atoms with Crippen LogP contribution in [0.25, 0.3) is 10.9 Å². The quantitative estimate of drug-likeness (QED) is 0.759. The molecule has 0 unspecified atom stereocenters. The van der Waals surface area contributed by atoms with E-state index >= 15 is 0 Å². The first-order valence-corrected chi connectivity index (χ1v) is 6.54. The predicted octanol–water partition coefficient (Wildman–Crippen LogP) is 3.58. The van der Waals surface area contributed by atoms with Crippen molar-refractivity contribution in [2.75, 3.05) is 5.32 Å². The molecule has 0 atom stereocenters. The van der Waals surface area contributed by atoms with E-state index in [1.807, 2.05) is 42.5 Å². The molecular formula is C14H10BrN3O. The molecule has 0 saturated carbocycles. The van der Waals surface area contributed by atoms with Gasteiger partial charge in [0.1, 0.15) is 0 Å². The summed E-state index contributed by atoms with van der Waals surface area (Å²) in [5.74, 6) is 0.348. The van der Waals surface area contributed by atoms with Crippen LogP contribution in [0.5, 0.6) is 0 Å². The number of hydrogen-bond acceptors (Lipinski definition) is 2. The van der Waals surface area contributed by atoms with Gasteiger partial charge in [-0.2, -0.15) is 5.10 Å². The van der Waals surface area contributed by atoms with E-state index < -0.39 is 0 Å². The van der Waals surface area contributed by atoms with Crippen LogP contribution in [0.1, 0.15) is 10.4 Å². The second-order valence-corrected chi connectivity index (χ2v) is 4.91. The molecule has 2 N–H and O–H groups in total. The zero-order valence-corrected chi connectivity index (χ0v) is 11.4. The first-order chi connectivity index (χ1) is 9.25. The molecule has 0 aliphatic rings. The molecule has 0 fully saturated rings. The topological polar surface area (TPSA) is 57.8 Å². The Morgan fingerprint density at radius 3 is 2.68 bits per heavy atom. The van der Waals surface area contributed by atoms with Crippen molar-refractivity contribution in [2.24, 2.45) is 0 Å². The number of benzene rings is 2. The zero-order valence-electron chi connectivity index (χ0n) is 9.85. The Morgan fingerprint density at radius 1 is 1.11 bits per heavy atom. The van der Waals surface area contributed by atoms with Gasteiger partial charge in [0, 0.05) is 9.86 Å². The van der Waals surface area contributed by atoms with Gasteiger partial charge in [0.2, 0.25) is 0 Å². The van der Waals surface area contributed by atoms with E-state index in [2.05, 4.69) is 31.4 Å². The molecule has 0 bridgehead atoms.